The van der Waals surface area contributed by atoms with E-state index in [9.17, 15) is 0 Å². The van der Waals surface area contributed by atoms with Crippen LogP contribution in [0.15, 0.2) is 30.3 Å². The third-order valence-corrected chi connectivity index (χ3v) is 3.94. The third kappa shape index (κ3) is 2.71. The van der Waals surface area contributed by atoms with Gasteiger partial charge in [0.2, 0.25) is 0 Å². The predicted molar refractivity (Wildman–Crippen MR) is 76.7 cm³/mol. The van der Waals surface area contributed by atoms with Gasteiger partial charge in [-0.25, -0.2) is 0 Å². The molecule has 0 spiro atoms. The Morgan fingerprint density at radius 3 is 2.06 bits per heavy atom. The molecular weight excluding hydrogens is 298 g/mol. The lowest BCUT2D eigenvalue weighted by Crippen LogP contribution is -1.84. The lowest BCUT2D eigenvalue weighted by molar-refractivity contribution is 1.46. The quantitative estimate of drug-likeness (QED) is 0.582. The van der Waals surface area contributed by atoms with Gasteiger partial charge >= 0.3 is 0 Å². The van der Waals surface area contributed by atoms with Gasteiger partial charge in [0, 0.05) is 15.6 Å². The second-order valence-electron chi connectivity index (χ2n) is 3.71. The van der Waals surface area contributed by atoms with E-state index < -0.39 is 0 Å². The molecule has 0 radical (unpaired) electrons. The summed E-state index contributed by atoms with van der Waals surface area (Å²) in [6, 6.07) is 9.08. The molecule has 0 atom stereocenters. The maximum atomic E-state index is 6.17. The molecule has 88 valence electrons. The largest absolute Gasteiger partial charge is 0.0840 e. The molecule has 2 rings (SSSR count). The highest BCUT2D eigenvalue weighted by molar-refractivity contribution is 6.42. The molecule has 0 N–H and O–H groups in total. The second-order valence-corrected chi connectivity index (χ2v) is 5.34. The van der Waals surface area contributed by atoms with Crippen molar-refractivity contribution in [3.05, 3.63) is 56.0 Å². The zero-order chi connectivity index (χ0) is 12.6. The van der Waals surface area contributed by atoms with Crippen molar-refractivity contribution in [1.29, 1.82) is 0 Å². The standard InChI is InChI=1S/C13H8Cl4/c1-7-4-9(12(16)6-11(7)15)8-2-3-10(14)13(17)5-8/h2-6H,1H3. The first-order valence-corrected chi connectivity index (χ1v) is 6.41. The van der Waals surface area contributed by atoms with E-state index in [4.69, 9.17) is 46.4 Å². The number of rotatable bonds is 1. The van der Waals surface area contributed by atoms with Crippen LogP contribution in [0.3, 0.4) is 0 Å². The van der Waals surface area contributed by atoms with E-state index in [1.54, 1.807) is 18.2 Å². The summed E-state index contributed by atoms with van der Waals surface area (Å²) in [6.07, 6.45) is 0. The molecule has 4 heteroatoms. The zero-order valence-electron chi connectivity index (χ0n) is 8.90. The summed E-state index contributed by atoms with van der Waals surface area (Å²) in [5, 5.41) is 2.28. The van der Waals surface area contributed by atoms with Crippen molar-refractivity contribution in [1.82, 2.24) is 0 Å². The van der Waals surface area contributed by atoms with Gasteiger partial charge in [0.1, 0.15) is 0 Å². The summed E-state index contributed by atoms with van der Waals surface area (Å²) in [5.74, 6) is 0. The number of halogens is 4. The van der Waals surface area contributed by atoms with Crippen molar-refractivity contribution in [2.45, 2.75) is 6.92 Å². The minimum Gasteiger partial charge on any atom is -0.0840 e. The van der Waals surface area contributed by atoms with E-state index in [-0.39, 0.29) is 0 Å². The molecule has 0 aliphatic carbocycles. The van der Waals surface area contributed by atoms with Crippen LogP contribution in [0, 0.1) is 6.92 Å². The fraction of sp³-hybridized carbons (Fsp3) is 0.0769. The van der Waals surface area contributed by atoms with Crippen LogP contribution in [0.4, 0.5) is 0 Å². The van der Waals surface area contributed by atoms with E-state index in [2.05, 4.69) is 0 Å². The van der Waals surface area contributed by atoms with Gasteiger partial charge in [0.25, 0.3) is 0 Å². The Hall–Kier alpha value is -0.400. The molecule has 0 aromatic heterocycles. The Labute approximate surface area is 120 Å². The Kier molecular flexibility index (Phi) is 3.89. The maximum Gasteiger partial charge on any atom is 0.0598 e. The highest BCUT2D eigenvalue weighted by atomic mass is 35.5. The van der Waals surface area contributed by atoms with Gasteiger partial charge in [-0.1, -0.05) is 52.5 Å². The molecule has 0 unspecified atom stereocenters. The molecule has 0 nitrogen and oxygen atoms in total. The van der Waals surface area contributed by atoms with Crippen LogP contribution in [-0.2, 0) is 0 Å². The highest BCUT2D eigenvalue weighted by Gasteiger charge is 2.08. The third-order valence-electron chi connectivity index (χ3n) is 2.48. The van der Waals surface area contributed by atoms with Gasteiger partial charge in [-0.05, 0) is 42.3 Å². The lowest BCUT2D eigenvalue weighted by Gasteiger charge is -2.08. The lowest BCUT2D eigenvalue weighted by atomic mass is 10.0. The van der Waals surface area contributed by atoms with Crippen LogP contribution in [0.5, 0.6) is 0 Å². The zero-order valence-corrected chi connectivity index (χ0v) is 11.9. The average Bonchev–Trinajstić information content (AvgIpc) is 2.27. The molecule has 0 bridgehead atoms. The van der Waals surface area contributed by atoms with Crippen molar-refractivity contribution < 1.29 is 0 Å². The summed E-state index contributed by atoms with van der Waals surface area (Å²) >= 11 is 24.0. The van der Waals surface area contributed by atoms with Gasteiger partial charge in [-0.2, -0.15) is 0 Å². The Balaban J connectivity index is 2.60. The smallest absolute Gasteiger partial charge is 0.0598 e. The fourth-order valence-corrected chi connectivity index (χ4v) is 2.33. The van der Waals surface area contributed by atoms with Crippen LogP contribution < -0.4 is 0 Å². The molecule has 2 aromatic carbocycles. The molecule has 0 saturated heterocycles. The molecule has 0 saturated carbocycles. The Bertz CT molecular complexity index is 576. The molecule has 0 aliphatic heterocycles. The normalized spacial score (nSPS) is 10.6. The fourth-order valence-electron chi connectivity index (χ4n) is 1.54. The van der Waals surface area contributed by atoms with Crippen LogP contribution in [-0.4, -0.2) is 0 Å². The van der Waals surface area contributed by atoms with E-state index in [1.807, 2.05) is 19.1 Å². The van der Waals surface area contributed by atoms with Gasteiger partial charge in [0.15, 0.2) is 0 Å². The minimum absolute atomic E-state index is 0.507. The summed E-state index contributed by atoms with van der Waals surface area (Å²) in [5.41, 5.74) is 2.79. The van der Waals surface area contributed by atoms with Gasteiger partial charge < -0.3 is 0 Å². The van der Waals surface area contributed by atoms with Crippen LogP contribution in [0.2, 0.25) is 20.1 Å². The van der Waals surface area contributed by atoms with E-state index in [1.165, 1.54) is 0 Å². The molecule has 0 aliphatic rings. The summed E-state index contributed by atoms with van der Waals surface area (Å²) in [6.45, 7) is 1.93. The minimum atomic E-state index is 0.507. The van der Waals surface area contributed by atoms with E-state index >= 15 is 0 Å². The summed E-state index contributed by atoms with van der Waals surface area (Å²) in [7, 11) is 0. The molecule has 0 amide bonds. The topological polar surface area (TPSA) is 0 Å². The average molecular weight is 306 g/mol. The van der Waals surface area contributed by atoms with E-state index in [0.717, 1.165) is 16.7 Å². The van der Waals surface area contributed by atoms with Crippen LogP contribution in [0.25, 0.3) is 11.1 Å². The number of hydrogen-bond donors (Lipinski definition) is 0. The number of benzene rings is 2. The van der Waals surface area contributed by atoms with Crippen LogP contribution >= 0.6 is 46.4 Å². The molecular formula is C13H8Cl4. The van der Waals surface area contributed by atoms with Crippen LogP contribution in [0.1, 0.15) is 5.56 Å². The summed E-state index contributed by atoms with van der Waals surface area (Å²) in [4.78, 5) is 0. The molecule has 0 heterocycles. The van der Waals surface area contributed by atoms with Gasteiger partial charge in [-0.15, -0.1) is 0 Å². The summed E-state index contributed by atoms with van der Waals surface area (Å²) < 4.78 is 0. The van der Waals surface area contributed by atoms with Crippen molar-refractivity contribution in [3.8, 4) is 11.1 Å². The van der Waals surface area contributed by atoms with Gasteiger partial charge in [0.05, 0.1) is 10.0 Å². The first-order chi connectivity index (χ1) is 7.99. The monoisotopic (exact) mass is 304 g/mol. The van der Waals surface area contributed by atoms with Crippen molar-refractivity contribution in [2.24, 2.45) is 0 Å². The maximum absolute atomic E-state index is 6.17. The number of hydrogen-bond acceptors (Lipinski definition) is 0. The Morgan fingerprint density at radius 2 is 1.41 bits per heavy atom. The number of aryl methyl sites for hydroxylation is 1. The molecule has 17 heavy (non-hydrogen) atoms. The second kappa shape index (κ2) is 5.07. The molecule has 2 aromatic rings. The highest BCUT2D eigenvalue weighted by Crippen LogP contribution is 2.35. The SMILES string of the molecule is Cc1cc(-c2ccc(Cl)c(Cl)c2)c(Cl)cc1Cl. The van der Waals surface area contributed by atoms with E-state index in [0.29, 0.717) is 20.1 Å². The first kappa shape index (κ1) is 13.0. The van der Waals surface area contributed by atoms with Gasteiger partial charge in [-0.3, -0.25) is 0 Å². The Morgan fingerprint density at radius 1 is 0.706 bits per heavy atom. The predicted octanol–water partition coefficient (Wildman–Crippen LogP) is 6.28. The van der Waals surface area contributed by atoms with Crippen molar-refractivity contribution in [3.63, 3.8) is 0 Å². The van der Waals surface area contributed by atoms with Crippen molar-refractivity contribution >= 4 is 46.4 Å². The first-order valence-electron chi connectivity index (χ1n) is 4.90. The van der Waals surface area contributed by atoms with Crippen molar-refractivity contribution in [2.75, 3.05) is 0 Å². The molecule has 0 fully saturated rings.